The summed E-state index contributed by atoms with van der Waals surface area (Å²) in [5.41, 5.74) is 1.29. The van der Waals surface area contributed by atoms with E-state index in [9.17, 15) is 4.79 Å². The quantitative estimate of drug-likeness (QED) is 0.590. The molecule has 3 rings (SSSR count). The normalized spacial score (nSPS) is 12.4. The Morgan fingerprint density at radius 2 is 2.23 bits per heavy atom. The molecule has 0 spiro atoms. The minimum absolute atomic E-state index is 0.140. The lowest BCUT2D eigenvalue weighted by Crippen LogP contribution is -2.09. The molecule has 0 radical (unpaired) electrons. The van der Waals surface area contributed by atoms with Gasteiger partial charge in [0.05, 0.1) is 23.5 Å². The van der Waals surface area contributed by atoms with E-state index in [-0.39, 0.29) is 12.7 Å². The van der Waals surface area contributed by atoms with Crippen LogP contribution < -0.4 is 19.5 Å². The highest BCUT2D eigenvalue weighted by Crippen LogP contribution is 2.40. The van der Waals surface area contributed by atoms with Crippen LogP contribution in [-0.4, -0.2) is 38.0 Å². The first-order chi connectivity index (χ1) is 12.7. The van der Waals surface area contributed by atoms with Gasteiger partial charge in [-0.25, -0.2) is 4.98 Å². The van der Waals surface area contributed by atoms with Gasteiger partial charge in [0, 0.05) is 19.3 Å². The van der Waals surface area contributed by atoms with Crippen LogP contribution in [0, 0.1) is 0 Å². The summed E-state index contributed by atoms with van der Waals surface area (Å²) in [6, 6.07) is 6.84. The molecule has 26 heavy (non-hydrogen) atoms. The zero-order valence-corrected chi connectivity index (χ0v) is 14.8. The Hall–Kier alpha value is -2.77. The summed E-state index contributed by atoms with van der Waals surface area (Å²) in [6.07, 6.45) is 4.56. The molecule has 0 saturated carbocycles. The van der Waals surface area contributed by atoms with Crippen molar-refractivity contribution in [2.24, 2.45) is 0 Å². The first-order valence-corrected chi connectivity index (χ1v) is 8.19. The monoisotopic (exact) mass is 376 g/mol. The lowest BCUT2D eigenvalue weighted by molar-refractivity contribution is -0.111. The lowest BCUT2D eigenvalue weighted by atomic mass is 10.2. The summed E-state index contributed by atoms with van der Waals surface area (Å²) >= 11 is 6.11. The number of nitrogens with zero attached hydrogens (tertiary/aromatic N) is 1. The standard InChI is InChI=1S/C18H17ClN2O5/c1-23-6-7-24-17-5-3-13(10-20-17)21-16(22)4-2-12-8-14(19)18-15(9-12)25-11-26-18/h2-5,8-10H,6-7,11H2,1H3,(H,21,22)/b4-2+. The highest BCUT2D eigenvalue weighted by molar-refractivity contribution is 6.32. The van der Waals surface area contributed by atoms with Gasteiger partial charge < -0.3 is 24.3 Å². The van der Waals surface area contributed by atoms with Gasteiger partial charge in [-0.15, -0.1) is 0 Å². The van der Waals surface area contributed by atoms with Crippen LogP contribution in [0.5, 0.6) is 17.4 Å². The van der Waals surface area contributed by atoms with Gasteiger partial charge in [-0.05, 0) is 29.8 Å². The van der Waals surface area contributed by atoms with Crippen LogP contribution >= 0.6 is 11.6 Å². The Labute approximate surface area is 155 Å². The maximum absolute atomic E-state index is 12.0. The zero-order valence-electron chi connectivity index (χ0n) is 14.0. The molecule has 2 aromatic rings. The van der Waals surface area contributed by atoms with E-state index in [1.807, 2.05) is 0 Å². The Bertz CT molecular complexity index is 808. The number of rotatable bonds is 7. The number of carbonyl (C=O) groups excluding carboxylic acids is 1. The number of nitrogens with one attached hydrogen (secondary N) is 1. The Morgan fingerprint density at radius 3 is 3.00 bits per heavy atom. The third-order valence-corrected chi connectivity index (χ3v) is 3.70. The summed E-state index contributed by atoms with van der Waals surface area (Å²) in [7, 11) is 1.60. The third-order valence-electron chi connectivity index (χ3n) is 3.42. The average molecular weight is 377 g/mol. The third kappa shape index (κ3) is 4.65. The van der Waals surface area contributed by atoms with Crippen molar-refractivity contribution in [3.63, 3.8) is 0 Å². The van der Waals surface area contributed by atoms with Crippen molar-refractivity contribution >= 4 is 29.3 Å². The number of aromatic nitrogens is 1. The van der Waals surface area contributed by atoms with E-state index in [0.717, 1.165) is 5.56 Å². The van der Waals surface area contributed by atoms with Crippen molar-refractivity contribution in [2.75, 3.05) is 32.4 Å². The van der Waals surface area contributed by atoms with Gasteiger partial charge in [-0.2, -0.15) is 0 Å². The molecule has 0 fully saturated rings. The van der Waals surface area contributed by atoms with Gasteiger partial charge in [0.2, 0.25) is 18.6 Å². The number of benzene rings is 1. The van der Waals surface area contributed by atoms with Crippen molar-refractivity contribution in [1.29, 1.82) is 0 Å². The van der Waals surface area contributed by atoms with Crippen molar-refractivity contribution in [3.8, 4) is 17.4 Å². The fraction of sp³-hybridized carbons (Fsp3) is 0.222. The Morgan fingerprint density at radius 1 is 1.35 bits per heavy atom. The average Bonchev–Trinajstić information content (AvgIpc) is 3.11. The molecule has 2 heterocycles. The molecule has 0 bridgehead atoms. The molecule has 1 aliphatic heterocycles. The van der Waals surface area contributed by atoms with E-state index in [1.165, 1.54) is 12.3 Å². The molecule has 8 heteroatoms. The topological polar surface area (TPSA) is 78.9 Å². The second kappa shape index (κ2) is 8.55. The molecule has 136 valence electrons. The van der Waals surface area contributed by atoms with E-state index in [1.54, 1.807) is 37.5 Å². The van der Waals surface area contributed by atoms with Crippen LogP contribution in [0.1, 0.15) is 5.56 Å². The van der Waals surface area contributed by atoms with E-state index >= 15 is 0 Å². The summed E-state index contributed by atoms with van der Waals surface area (Å²) in [5.74, 6) is 1.25. The number of amides is 1. The molecular weight excluding hydrogens is 360 g/mol. The van der Waals surface area contributed by atoms with Crippen molar-refractivity contribution in [3.05, 3.63) is 47.1 Å². The lowest BCUT2D eigenvalue weighted by Gasteiger charge is -2.06. The predicted octanol–water partition coefficient (Wildman–Crippen LogP) is 3.14. The maximum Gasteiger partial charge on any atom is 0.248 e. The molecule has 1 aromatic carbocycles. The van der Waals surface area contributed by atoms with E-state index < -0.39 is 0 Å². The van der Waals surface area contributed by atoms with Crippen LogP contribution in [0.2, 0.25) is 5.02 Å². The molecule has 0 aliphatic carbocycles. The molecule has 0 atom stereocenters. The van der Waals surface area contributed by atoms with Crippen LogP contribution in [0.4, 0.5) is 5.69 Å². The highest BCUT2D eigenvalue weighted by Gasteiger charge is 2.17. The summed E-state index contributed by atoms with van der Waals surface area (Å²) in [5, 5.41) is 3.15. The number of anilines is 1. The Balaban J connectivity index is 1.57. The van der Waals surface area contributed by atoms with Crippen LogP contribution in [-0.2, 0) is 9.53 Å². The van der Waals surface area contributed by atoms with Crippen LogP contribution in [0.15, 0.2) is 36.5 Å². The molecular formula is C18H17ClN2O5. The first-order valence-electron chi connectivity index (χ1n) is 7.81. The van der Waals surface area contributed by atoms with Gasteiger partial charge in [0.15, 0.2) is 11.5 Å². The molecule has 0 unspecified atom stereocenters. The zero-order chi connectivity index (χ0) is 18.4. The highest BCUT2D eigenvalue weighted by atomic mass is 35.5. The van der Waals surface area contributed by atoms with Gasteiger partial charge in [-0.1, -0.05) is 11.6 Å². The number of pyridine rings is 1. The number of halogens is 1. The van der Waals surface area contributed by atoms with E-state index in [0.29, 0.717) is 41.3 Å². The minimum atomic E-state index is -0.298. The van der Waals surface area contributed by atoms with Gasteiger partial charge in [0.1, 0.15) is 6.61 Å². The predicted molar refractivity (Wildman–Crippen MR) is 96.8 cm³/mol. The fourth-order valence-electron chi connectivity index (χ4n) is 2.21. The Kier molecular flexibility index (Phi) is 5.93. The largest absolute Gasteiger partial charge is 0.475 e. The smallest absolute Gasteiger partial charge is 0.248 e. The van der Waals surface area contributed by atoms with Crippen LogP contribution in [0.25, 0.3) is 6.08 Å². The number of hydrogen-bond donors (Lipinski definition) is 1. The fourth-order valence-corrected chi connectivity index (χ4v) is 2.48. The number of ether oxygens (including phenoxy) is 4. The molecule has 1 aliphatic rings. The SMILES string of the molecule is COCCOc1ccc(NC(=O)/C=C/c2cc(Cl)c3c(c2)OCO3)cn1. The minimum Gasteiger partial charge on any atom is -0.475 e. The second-order valence-electron chi connectivity index (χ2n) is 5.29. The maximum atomic E-state index is 12.0. The number of fused-ring (bicyclic) bond motifs is 1. The van der Waals surface area contributed by atoms with Gasteiger partial charge in [-0.3, -0.25) is 4.79 Å². The second-order valence-corrected chi connectivity index (χ2v) is 5.69. The molecule has 0 saturated heterocycles. The molecule has 7 nitrogen and oxygen atoms in total. The first kappa shape index (κ1) is 18.0. The van der Waals surface area contributed by atoms with Crippen molar-refractivity contribution in [2.45, 2.75) is 0 Å². The summed E-state index contributed by atoms with van der Waals surface area (Å²) in [4.78, 5) is 16.1. The van der Waals surface area contributed by atoms with E-state index in [4.69, 9.17) is 30.5 Å². The molecule has 1 aromatic heterocycles. The van der Waals surface area contributed by atoms with Gasteiger partial charge >= 0.3 is 0 Å². The summed E-state index contributed by atoms with van der Waals surface area (Å²) < 4.78 is 20.8. The summed E-state index contributed by atoms with van der Waals surface area (Å²) in [6.45, 7) is 1.03. The van der Waals surface area contributed by atoms with Crippen molar-refractivity contribution in [1.82, 2.24) is 4.98 Å². The molecule has 1 N–H and O–H groups in total. The van der Waals surface area contributed by atoms with Gasteiger partial charge in [0.25, 0.3) is 0 Å². The van der Waals surface area contributed by atoms with E-state index in [2.05, 4.69) is 10.3 Å². The molecule has 1 amide bonds. The number of hydrogen-bond acceptors (Lipinski definition) is 6. The van der Waals surface area contributed by atoms with Crippen molar-refractivity contribution < 1.29 is 23.7 Å². The number of methoxy groups -OCH3 is 1. The number of carbonyl (C=O) groups is 1. The van der Waals surface area contributed by atoms with Crippen LogP contribution in [0.3, 0.4) is 0 Å².